The monoisotopic (exact) mass is 349 g/mol. The number of sulfonamides is 1. The van der Waals surface area contributed by atoms with Crippen molar-refractivity contribution in [1.29, 1.82) is 0 Å². The first-order valence-electron chi connectivity index (χ1n) is 5.92. The largest absolute Gasteiger partial charge is 0.361 e. The van der Waals surface area contributed by atoms with Crippen molar-refractivity contribution < 1.29 is 12.9 Å². The maximum Gasteiger partial charge on any atom is 0.244 e. The van der Waals surface area contributed by atoms with Gasteiger partial charge in [0.15, 0.2) is 0 Å². The summed E-state index contributed by atoms with van der Waals surface area (Å²) in [4.78, 5) is 3.73. The summed E-state index contributed by atoms with van der Waals surface area (Å²) in [6.45, 7) is 3.63. The third kappa shape index (κ3) is 3.21. The van der Waals surface area contributed by atoms with Crippen molar-refractivity contribution in [1.82, 2.24) is 14.4 Å². The summed E-state index contributed by atoms with van der Waals surface area (Å²) < 4.78 is 31.2. The predicted octanol–water partition coefficient (Wildman–Crippen LogP) is 2.81. The van der Waals surface area contributed by atoms with Crippen molar-refractivity contribution in [2.45, 2.75) is 25.3 Å². The molecule has 114 valence electrons. The van der Waals surface area contributed by atoms with Crippen molar-refractivity contribution in [2.24, 2.45) is 0 Å². The number of aryl methyl sites for hydroxylation is 2. The number of aromatic nitrogens is 2. The van der Waals surface area contributed by atoms with E-state index in [1.165, 1.54) is 23.6 Å². The quantitative estimate of drug-likeness (QED) is 0.793. The van der Waals surface area contributed by atoms with Gasteiger partial charge in [-0.25, -0.2) is 13.4 Å². The Hall–Kier alpha value is -1.15. The molecule has 0 saturated carbocycles. The maximum atomic E-state index is 12.5. The van der Waals surface area contributed by atoms with Crippen LogP contribution in [0.5, 0.6) is 0 Å². The number of nitrogens with zero attached hydrogens (tertiary/aromatic N) is 3. The average Bonchev–Trinajstić information content (AvgIpc) is 2.73. The summed E-state index contributed by atoms with van der Waals surface area (Å²) in [5.41, 5.74) is 1.39. The molecule has 0 saturated heterocycles. The molecule has 0 N–H and O–H groups in total. The minimum absolute atomic E-state index is 0.0221. The maximum absolute atomic E-state index is 12.5. The van der Waals surface area contributed by atoms with Crippen molar-refractivity contribution in [2.75, 3.05) is 7.05 Å². The second-order valence-corrected chi connectivity index (χ2v) is 7.32. The average molecular weight is 350 g/mol. The minimum Gasteiger partial charge on any atom is -0.361 e. The molecule has 0 bridgehead atoms. The van der Waals surface area contributed by atoms with E-state index < -0.39 is 10.0 Å². The lowest BCUT2D eigenvalue weighted by atomic mass is 10.2. The van der Waals surface area contributed by atoms with E-state index in [0.717, 1.165) is 5.56 Å². The van der Waals surface area contributed by atoms with E-state index in [9.17, 15) is 8.42 Å². The molecule has 0 fully saturated rings. The summed E-state index contributed by atoms with van der Waals surface area (Å²) in [6.07, 6.45) is 1.17. The molecule has 0 unspecified atom stereocenters. The molecule has 0 aliphatic heterocycles. The van der Waals surface area contributed by atoms with E-state index in [2.05, 4.69) is 10.1 Å². The lowest BCUT2D eigenvalue weighted by molar-refractivity contribution is 0.390. The van der Waals surface area contributed by atoms with Crippen LogP contribution in [0, 0.1) is 13.8 Å². The normalized spacial score (nSPS) is 12.1. The second kappa shape index (κ2) is 5.92. The van der Waals surface area contributed by atoms with Gasteiger partial charge in [0.2, 0.25) is 10.0 Å². The molecule has 2 heterocycles. The van der Waals surface area contributed by atoms with Crippen LogP contribution in [0.4, 0.5) is 0 Å². The third-order valence-electron chi connectivity index (χ3n) is 3.04. The molecular formula is C12H13Cl2N3O3S. The standard InChI is InChI=1S/C12H13Cl2N3O3S/c1-7-10(8(2)20-16-7)6-17(3)21(18,19)9-4-11(13)12(14)15-5-9/h4-5H,6H2,1-3H3. The van der Waals surface area contributed by atoms with Crippen LogP contribution in [-0.4, -0.2) is 29.9 Å². The fourth-order valence-corrected chi connectivity index (χ4v) is 3.21. The Morgan fingerprint density at radius 2 is 2.00 bits per heavy atom. The zero-order valence-electron chi connectivity index (χ0n) is 11.6. The van der Waals surface area contributed by atoms with Crippen LogP contribution in [-0.2, 0) is 16.6 Å². The van der Waals surface area contributed by atoms with Crippen LogP contribution in [0.2, 0.25) is 10.2 Å². The second-order valence-electron chi connectivity index (χ2n) is 4.51. The van der Waals surface area contributed by atoms with Gasteiger partial charge in [0.25, 0.3) is 0 Å². The molecule has 0 aliphatic rings. The molecule has 0 aromatic carbocycles. The Kier molecular flexibility index (Phi) is 4.57. The Morgan fingerprint density at radius 3 is 2.52 bits per heavy atom. The molecule has 0 atom stereocenters. The number of hydrogen-bond donors (Lipinski definition) is 0. The molecule has 2 aromatic heterocycles. The van der Waals surface area contributed by atoms with Crippen LogP contribution in [0.25, 0.3) is 0 Å². The molecule has 0 amide bonds. The molecule has 21 heavy (non-hydrogen) atoms. The van der Waals surface area contributed by atoms with Gasteiger partial charge in [0.05, 0.1) is 10.7 Å². The van der Waals surface area contributed by atoms with Gasteiger partial charge in [0, 0.05) is 25.4 Å². The van der Waals surface area contributed by atoms with Crippen LogP contribution in [0.15, 0.2) is 21.7 Å². The van der Waals surface area contributed by atoms with Gasteiger partial charge < -0.3 is 4.52 Å². The number of hydrogen-bond acceptors (Lipinski definition) is 5. The summed E-state index contributed by atoms with van der Waals surface area (Å²) in [5, 5.41) is 3.95. The number of pyridine rings is 1. The van der Waals surface area contributed by atoms with Crippen molar-refractivity contribution in [3.63, 3.8) is 0 Å². The molecule has 6 nitrogen and oxygen atoms in total. The van der Waals surface area contributed by atoms with Gasteiger partial charge in [-0.3, -0.25) is 0 Å². The van der Waals surface area contributed by atoms with Crippen LogP contribution in [0.1, 0.15) is 17.0 Å². The summed E-state index contributed by atoms with van der Waals surface area (Å²) in [7, 11) is -2.27. The lowest BCUT2D eigenvalue weighted by Crippen LogP contribution is -2.27. The fourth-order valence-electron chi connectivity index (χ4n) is 1.76. The molecule has 2 aromatic rings. The molecule has 9 heteroatoms. The van der Waals surface area contributed by atoms with Gasteiger partial charge in [-0.1, -0.05) is 28.4 Å². The molecule has 2 rings (SSSR count). The first-order valence-corrected chi connectivity index (χ1v) is 8.12. The Labute approximate surface area is 132 Å². The van der Waals surface area contributed by atoms with E-state index in [1.54, 1.807) is 13.8 Å². The van der Waals surface area contributed by atoms with E-state index in [1.807, 2.05) is 0 Å². The van der Waals surface area contributed by atoms with Gasteiger partial charge in [0.1, 0.15) is 15.8 Å². The molecule has 0 spiro atoms. The van der Waals surface area contributed by atoms with Gasteiger partial charge in [-0.2, -0.15) is 4.31 Å². The Bertz CT molecular complexity index is 755. The van der Waals surface area contributed by atoms with Crippen molar-refractivity contribution in [3.05, 3.63) is 39.5 Å². The Balaban J connectivity index is 2.32. The zero-order valence-corrected chi connectivity index (χ0v) is 13.9. The van der Waals surface area contributed by atoms with Crippen LogP contribution < -0.4 is 0 Å². The highest BCUT2D eigenvalue weighted by Crippen LogP contribution is 2.25. The topological polar surface area (TPSA) is 76.3 Å². The van der Waals surface area contributed by atoms with Gasteiger partial charge >= 0.3 is 0 Å². The first-order chi connectivity index (χ1) is 9.73. The summed E-state index contributed by atoms with van der Waals surface area (Å²) in [5.74, 6) is 0.585. The van der Waals surface area contributed by atoms with Gasteiger partial charge in [-0.05, 0) is 19.9 Å². The highest BCUT2D eigenvalue weighted by atomic mass is 35.5. The van der Waals surface area contributed by atoms with Crippen molar-refractivity contribution in [3.8, 4) is 0 Å². The van der Waals surface area contributed by atoms with Crippen molar-refractivity contribution >= 4 is 33.2 Å². The predicted molar refractivity (Wildman–Crippen MR) is 78.9 cm³/mol. The van der Waals surface area contributed by atoms with Gasteiger partial charge in [-0.15, -0.1) is 0 Å². The third-order valence-corrected chi connectivity index (χ3v) is 5.50. The summed E-state index contributed by atoms with van der Waals surface area (Å²) >= 11 is 11.5. The Morgan fingerprint density at radius 1 is 1.33 bits per heavy atom. The van der Waals surface area contributed by atoms with E-state index in [0.29, 0.717) is 11.5 Å². The number of halogens is 2. The summed E-state index contributed by atoms with van der Waals surface area (Å²) in [6, 6.07) is 1.27. The minimum atomic E-state index is -3.73. The zero-order chi connectivity index (χ0) is 15.8. The molecule has 0 aliphatic carbocycles. The number of rotatable bonds is 4. The smallest absolute Gasteiger partial charge is 0.244 e. The highest BCUT2D eigenvalue weighted by Gasteiger charge is 2.24. The van der Waals surface area contributed by atoms with Crippen LogP contribution in [0.3, 0.4) is 0 Å². The highest BCUT2D eigenvalue weighted by molar-refractivity contribution is 7.89. The van der Waals surface area contributed by atoms with Crippen LogP contribution >= 0.6 is 23.2 Å². The SMILES string of the molecule is Cc1noc(C)c1CN(C)S(=O)(=O)c1cnc(Cl)c(Cl)c1. The lowest BCUT2D eigenvalue weighted by Gasteiger charge is -2.17. The fraction of sp³-hybridized carbons (Fsp3) is 0.333. The van der Waals surface area contributed by atoms with E-state index in [-0.39, 0.29) is 21.6 Å². The molecule has 0 radical (unpaired) electrons. The molecular weight excluding hydrogens is 337 g/mol. The first kappa shape index (κ1) is 16.2. The van der Waals surface area contributed by atoms with E-state index in [4.69, 9.17) is 27.7 Å². The van der Waals surface area contributed by atoms with E-state index >= 15 is 0 Å².